The van der Waals surface area contributed by atoms with Crippen LogP contribution in [-0.4, -0.2) is 54.6 Å². The molecule has 194 valence electrons. The lowest BCUT2D eigenvalue weighted by atomic mass is 9.78. The maximum absolute atomic E-state index is 13.9. The zero-order chi connectivity index (χ0) is 26.7. The number of fused-ring (bicyclic) bond motifs is 3. The van der Waals surface area contributed by atoms with Crippen molar-refractivity contribution in [3.63, 3.8) is 0 Å². The maximum Gasteiger partial charge on any atom is 0.355 e. The summed E-state index contributed by atoms with van der Waals surface area (Å²) in [6.07, 6.45) is 2.26. The minimum Gasteiger partial charge on any atom is -0.508 e. The van der Waals surface area contributed by atoms with Crippen LogP contribution in [0.4, 0.5) is 0 Å². The molecule has 10 heteroatoms. The normalized spacial score (nSPS) is 22.4. The second-order valence-corrected chi connectivity index (χ2v) is 14.7. The van der Waals surface area contributed by atoms with E-state index in [0.717, 1.165) is 22.1 Å². The van der Waals surface area contributed by atoms with Crippen molar-refractivity contribution in [1.29, 1.82) is 0 Å². The first kappa shape index (κ1) is 25.0. The Bertz CT molecular complexity index is 1360. The summed E-state index contributed by atoms with van der Waals surface area (Å²) >= 11 is 0. The number of ether oxygens (including phenoxy) is 2. The first-order valence-corrected chi connectivity index (χ1v) is 15.5. The van der Waals surface area contributed by atoms with Crippen molar-refractivity contribution in [2.45, 2.75) is 51.4 Å². The zero-order valence-electron chi connectivity index (χ0n) is 21.3. The number of benzene rings is 1. The van der Waals surface area contributed by atoms with Gasteiger partial charge in [0, 0.05) is 29.8 Å². The number of aromatic hydroxyl groups is 1. The highest BCUT2D eigenvalue weighted by molar-refractivity contribution is 6.94. The second-order valence-electron chi connectivity index (χ2n) is 10.3. The number of nitrogens with two attached hydrogens (primary N) is 1. The van der Waals surface area contributed by atoms with Gasteiger partial charge in [0.05, 0.1) is 13.0 Å². The van der Waals surface area contributed by atoms with E-state index in [0.29, 0.717) is 29.1 Å². The van der Waals surface area contributed by atoms with Crippen LogP contribution in [0.2, 0.25) is 13.1 Å². The van der Waals surface area contributed by atoms with Gasteiger partial charge in [0.2, 0.25) is 11.4 Å². The van der Waals surface area contributed by atoms with E-state index in [2.05, 4.69) is 25.0 Å². The van der Waals surface area contributed by atoms with Crippen molar-refractivity contribution >= 4 is 37.1 Å². The van der Waals surface area contributed by atoms with E-state index in [1.807, 2.05) is 16.7 Å². The van der Waals surface area contributed by atoms with Gasteiger partial charge in [-0.05, 0) is 40.9 Å². The number of allylic oxidation sites excluding steroid dienone is 2. The molecule has 1 aromatic rings. The van der Waals surface area contributed by atoms with Crippen molar-refractivity contribution in [2.24, 2.45) is 5.73 Å². The predicted molar refractivity (Wildman–Crippen MR) is 139 cm³/mol. The van der Waals surface area contributed by atoms with Gasteiger partial charge >= 0.3 is 11.9 Å². The Morgan fingerprint density at radius 1 is 1.38 bits per heavy atom. The number of rotatable bonds is 6. The number of nitrogens with one attached hydrogen (secondary N) is 1. The van der Waals surface area contributed by atoms with Crippen LogP contribution in [0.5, 0.6) is 5.75 Å². The van der Waals surface area contributed by atoms with Crippen molar-refractivity contribution in [2.75, 3.05) is 13.2 Å². The van der Waals surface area contributed by atoms with Crippen LogP contribution < -0.4 is 16.2 Å². The fourth-order valence-corrected chi connectivity index (χ4v) is 7.32. The molecule has 4 aliphatic rings. The largest absolute Gasteiger partial charge is 0.508 e. The molecule has 4 N–H and O–H groups in total. The van der Waals surface area contributed by atoms with Crippen molar-refractivity contribution in [1.82, 2.24) is 10.2 Å². The quantitative estimate of drug-likeness (QED) is 0.379. The molecular weight excluding hydrogens is 490 g/mol. The monoisotopic (exact) mass is 521 g/mol. The van der Waals surface area contributed by atoms with Gasteiger partial charge in [-0.2, -0.15) is 0 Å². The smallest absolute Gasteiger partial charge is 0.355 e. The zero-order valence-corrected chi connectivity index (χ0v) is 22.3. The van der Waals surface area contributed by atoms with Gasteiger partial charge < -0.3 is 30.5 Å². The first-order chi connectivity index (χ1) is 17.6. The molecule has 5 rings (SSSR count). The third kappa shape index (κ3) is 3.74. The van der Waals surface area contributed by atoms with E-state index in [1.54, 1.807) is 19.1 Å². The van der Waals surface area contributed by atoms with Crippen molar-refractivity contribution in [3.05, 3.63) is 63.9 Å². The van der Waals surface area contributed by atoms with Crippen LogP contribution in [0, 0.1) is 0 Å². The Hall–Kier alpha value is -3.63. The molecule has 0 aromatic heterocycles. The second kappa shape index (κ2) is 8.74. The van der Waals surface area contributed by atoms with Gasteiger partial charge in [0.1, 0.15) is 31.9 Å². The molecule has 1 aliphatic carbocycles. The molecule has 0 fully saturated rings. The highest BCUT2D eigenvalue weighted by Crippen LogP contribution is 2.46. The fraction of sp³-hybridized carbons (Fsp3) is 0.370. The average Bonchev–Trinajstić information content (AvgIpc) is 3.21. The summed E-state index contributed by atoms with van der Waals surface area (Å²) in [6, 6.07) is 3.53. The van der Waals surface area contributed by atoms with Gasteiger partial charge in [-0.3, -0.25) is 9.59 Å². The lowest BCUT2D eigenvalue weighted by molar-refractivity contribution is -0.180. The summed E-state index contributed by atoms with van der Waals surface area (Å²) < 4.78 is 11.1. The summed E-state index contributed by atoms with van der Waals surface area (Å²) in [5.41, 5.74) is 9.73. The lowest BCUT2D eigenvalue weighted by Crippen LogP contribution is -2.51. The lowest BCUT2D eigenvalue weighted by Gasteiger charge is -2.39. The van der Waals surface area contributed by atoms with Gasteiger partial charge in [-0.1, -0.05) is 25.7 Å². The molecule has 37 heavy (non-hydrogen) atoms. The molecule has 0 saturated heterocycles. The number of carbonyl (C=O) groups excluding carboxylic acids is 3. The number of phenols is 1. The third-order valence-corrected chi connectivity index (χ3v) is 10.6. The standard InChI is InChI=1S/C27H31N3O6Si/c1-5-27(36-23(32)7-8-28)19-12-20-24(25(33)18(19)14-35-26(27)34)30-13-17-15(10-22(30)29-20)9-16(31)11-21(17)37(3,4)6-2/h6,9-11,29,31H,2,5,7-8,12-14,28H2,1,3-4H3. The number of esters is 2. The molecule has 3 heterocycles. The van der Waals surface area contributed by atoms with Crippen molar-refractivity contribution < 1.29 is 29.0 Å². The molecule has 1 unspecified atom stereocenters. The van der Waals surface area contributed by atoms with E-state index >= 15 is 0 Å². The van der Waals surface area contributed by atoms with Crippen LogP contribution in [0.1, 0.15) is 37.3 Å². The van der Waals surface area contributed by atoms with Gasteiger partial charge in [-0.25, -0.2) is 4.79 Å². The van der Waals surface area contributed by atoms with Gasteiger partial charge in [0.15, 0.2) is 0 Å². The molecule has 0 amide bonds. The van der Waals surface area contributed by atoms with E-state index < -0.39 is 25.6 Å². The number of hydrogen-bond acceptors (Lipinski definition) is 9. The Labute approximate surface area is 216 Å². The topological polar surface area (TPSA) is 131 Å². The summed E-state index contributed by atoms with van der Waals surface area (Å²) in [6.45, 7) is 10.4. The number of cyclic esters (lactones) is 1. The van der Waals surface area contributed by atoms with E-state index in [-0.39, 0.29) is 43.9 Å². The highest BCUT2D eigenvalue weighted by Gasteiger charge is 2.54. The highest BCUT2D eigenvalue weighted by atomic mass is 28.3. The number of ketones is 1. The molecule has 0 spiro atoms. The van der Waals surface area contributed by atoms with Crippen LogP contribution in [-0.2, 0) is 30.4 Å². The molecule has 9 nitrogen and oxygen atoms in total. The van der Waals surface area contributed by atoms with E-state index in [1.165, 1.54) is 0 Å². The third-order valence-electron chi connectivity index (χ3n) is 7.71. The van der Waals surface area contributed by atoms with Crippen molar-refractivity contribution in [3.8, 4) is 5.75 Å². The molecule has 1 aromatic carbocycles. The van der Waals surface area contributed by atoms with E-state index in [9.17, 15) is 19.5 Å². The summed E-state index contributed by atoms with van der Waals surface area (Å²) in [4.78, 5) is 41.2. The Kier molecular flexibility index (Phi) is 5.91. The van der Waals surface area contributed by atoms with Crippen LogP contribution >= 0.6 is 0 Å². The van der Waals surface area contributed by atoms with Crippen LogP contribution in [0.15, 0.2) is 52.8 Å². The molecular formula is C27H31N3O6Si. The SMILES string of the molecule is C=C[Si](C)(C)c1cc(O)cc2c1CN1C(=C2)NC2=C1C(=O)C1=C(C2)C(CC)(OC(=O)CCN)C(=O)OC1. The van der Waals surface area contributed by atoms with E-state index in [4.69, 9.17) is 15.2 Å². The Balaban J connectivity index is 1.55. The number of phenolic OH excluding ortho intramolecular Hbond substituents is 1. The van der Waals surface area contributed by atoms with Crippen LogP contribution in [0.3, 0.4) is 0 Å². The fourth-order valence-electron chi connectivity index (χ4n) is 5.58. The molecule has 0 saturated carbocycles. The summed E-state index contributed by atoms with van der Waals surface area (Å²) in [5, 5.41) is 14.9. The number of Topliss-reactive ketones (excluding diaryl/α,β-unsaturated/α-hetero) is 1. The Morgan fingerprint density at radius 3 is 2.81 bits per heavy atom. The molecule has 3 aliphatic heterocycles. The summed E-state index contributed by atoms with van der Waals surface area (Å²) in [7, 11) is -2.05. The molecule has 0 bridgehead atoms. The number of carbonyl (C=O) groups is 3. The molecule has 0 radical (unpaired) electrons. The number of nitrogens with zero attached hydrogens (tertiary/aromatic N) is 1. The summed E-state index contributed by atoms with van der Waals surface area (Å²) in [5.74, 6) is -0.632. The predicted octanol–water partition coefficient (Wildman–Crippen LogP) is 1.83. The maximum atomic E-state index is 13.9. The first-order valence-electron chi connectivity index (χ1n) is 12.4. The number of hydrogen-bond donors (Lipinski definition) is 3. The van der Waals surface area contributed by atoms with Crippen LogP contribution in [0.25, 0.3) is 6.08 Å². The van der Waals surface area contributed by atoms with Gasteiger partial charge in [-0.15, -0.1) is 6.58 Å². The average molecular weight is 522 g/mol. The Morgan fingerprint density at radius 2 is 2.14 bits per heavy atom. The minimum atomic E-state index is -2.05. The molecule has 1 atom stereocenters. The minimum absolute atomic E-state index is 0.0454. The van der Waals surface area contributed by atoms with Gasteiger partial charge in [0.25, 0.3) is 0 Å².